The van der Waals surface area contributed by atoms with E-state index in [0.717, 1.165) is 18.0 Å². The Bertz CT molecular complexity index is 219. The summed E-state index contributed by atoms with van der Waals surface area (Å²) in [5, 5.41) is 3.83. The van der Waals surface area contributed by atoms with Crippen LogP contribution in [0, 0.1) is 5.92 Å². The van der Waals surface area contributed by atoms with Crippen LogP contribution in [0.2, 0.25) is 0 Å². The topological polar surface area (TPSA) is 15.3 Å². The third-order valence-corrected chi connectivity index (χ3v) is 5.06. The summed E-state index contributed by atoms with van der Waals surface area (Å²) in [6.07, 6.45) is 12.9. The molecule has 0 aromatic carbocycles. The Hall–Kier alpha value is -0.0800. The molecule has 2 saturated carbocycles. The zero-order valence-corrected chi connectivity index (χ0v) is 12.5. The van der Waals surface area contributed by atoms with Gasteiger partial charge in [0.15, 0.2) is 0 Å². The minimum Gasteiger partial charge on any atom is -0.312 e. The van der Waals surface area contributed by atoms with Crippen molar-refractivity contribution in [2.45, 2.75) is 76.8 Å². The molecular formula is C16H32N2. The Labute approximate surface area is 114 Å². The molecule has 1 N–H and O–H groups in total. The zero-order chi connectivity index (χ0) is 12.8. The van der Waals surface area contributed by atoms with E-state index in [-0.39, 0.29) is 0 Å². The smallest absolute Gasteiger partial charge is 0.0223 e. The zero-order valence-electron chi connectivity index (χ0n) is 12.5. The Morgan fingerprint density at radius 1 is 1.06 bits per heavy atom. The molecule has 0 heterocycles. The van der Waals surface area contributed by atoms with Crippen LogP contribution in [-0.4, -0.2) is 37.1 Å². The molecule has 0 aliphatic heterocycles. The molecular weight excluding hydrogens is 220 g/mol. The molecule has 1 unspecified atom stereocenters. The van der Waals surface area contributed by atoms with Crippen LogP contribution in [0.15, 0.2) is 0 Å². The van der Waals surface area contributed by atoms with E-state index >= 15 is 0 Å². The first-order valence-electron chi connectivity index (χ1n) is 8.25. The summed E-state index contributed by atoms with van der Waals surface area (Å²) in [7, 11) is 2.34. The van der Waals surface area contributed by atoms with Crippen molar-refractivity contribution >= 4 is 0 Å². The second kappa shape index (κ2) is 7.49. The third-order valence-electron chi connectivity index (χ3n) is 5.06. The quantitative estimate of drug-likeness (QED) is 0.747. The van der Waals surface area contributed by atoms with E-state index in [1.54, 1.807) is 0 Å². The molecule has 1 atom stereocenters. The molecule has 0 spiro atoms. The van der Waals surface area contributed by atoms with Gasteiger partial charge in [0.25, 0.3) is 0 Å². The van der Waals surface area contributed by atoms with Crippen molar-refractivity contribution in [1.82, 2.24) is 10.2 Å². The first-order chi connectivity index (χ1) is 8.81. The van der Waals surface area contributed by atoms with Crippen molar-refractivity contribution in [2.24, 2.45) is 5.92 Å². The van der Waals surface area contributed by atoms with E-state index in [1.807, 2.05) is 0 Å². The molecule has 106 valence electrons. The van der Waals surface area contributed by atoms with Crippen LogP contribution in [0.5, 0.6) is 0 Å². The van der Waals surface area contributed by atoms with Crippen molar-refractivity contribution in [3.8, 4) is 0 Å². The first kappa shape index (κ1) is 14.3. The summed E-state index contributed by atoms with van der Waals surface area (Å²) in [4.78, 5) is 2.63. The van der Waals surface area contributed by atoms with Gasteiger partial charge in [-0.05, 0) is 51.6 Å². The molecule has 2 aliphatic rings. The van der Waals surface area contributed by atoms with E-state index in [0.29, 0.717) is 0 Å². The average Bonchev–Trinajstić information content (AvgIpc) is 2.33. The lowest BCUT2D eigenvalue weighted by atomic mass is 9.83. The Morgan fingerprint density at radius 3 is 2.33 bits per heavy atom. The highest BCUT2D eigenvalue weighted by molar-refractivity contribution is 4.85. The van der Waals surface area contributed by atoms with Crippen molar-refractivity contribution in [3.63, 3.8) is 0 Å². The fourth-order valence-electron chi connectivity index (χ4n) is 3.53. The Morgan fingerprint density at radius 2 is 1.78 bits per heavy atom. The van der Waals surface area contributed by atoms with Crippen molar-refractivity contribution in [3.05, 3.63) is 0 Å². The molecule has 0 amide bonds. The lowest BCUT2D eigenvalue weighted by molar-refractivity contribution is 0.122. The summed E-state index contributed by atoms with van der Waals surface area (Å²) >= 11 is 0. The highest BCUT2D eigenvalue weighted by Gasteiger charge is 2.28. The predicted octanol–water partition coefficient (Wildman–Crippen LogP) is 3.42. The minimum absolute atomic E-state index is 0.746. The molecule has 0 aromatic heterocycles. The molecule has 2 aliphatic carbocycles. The molecule has 0 aromatic rings. The second-order valence-corrected chi connectivity index (χ2v) is 6.48. The van der Waals surface area contributed by atoms with Crippen molar-refractivity contribution in [2.75, 3.05) is 20.1 Å². The number of rotatable bonds is 7. The normalized spacial score (nSPS) is 24.2. The fraction of sp³-hybridized carbons (Fsp3) is 1.00. The van der Waals surface area contributed by atoms with E-state index in [9.17, 15) is 0 Å². The van der Waals surface area contributed by atoms with Crippen molar-refractivity contribution < 1.29 is 0 Å². The lowest BCUT2D eigenvalue weighted by Crippen LogP contribution is -2.49. The predicted molar refractivity (Wildman–Crippen MR) is 78.9 cm³/mol. The number of nitrogens with one attached hydrogen (secondary N) is 1. The summed E-state index contributed by atoms with van der Waals surface area (Å²) in [6.45, 7) is 4.75. The fourth-order valence-corrected chi connectivity index (χ4v) is 3.53. The van der Waals surface area contributed by atoms with Crippen LogP contribution in [0.3, 0.4) is 0 Å². The SMILES string of the molecule is CCCNC(CN(C)C1CCC1)C1CCCCC1. The largest absolute Gasteiger partial charge is 0.312 e. The molecule has 2 heteroatoms. The minimum atomic E-state index is 0.746. The van der Waals surface area contributed by atoms with Gasteiger partial charge >= 0.3 is 0 Å². The van der Waals surface area contributed by atoms with Crippen LogP contribution in [0.1, 0.15) is 64.7 Å². The monoisotopic (exact) mass is 252 g/mol. The molecule has 2 rings (SSSR count). The molecule has 2 nitrogen and oxygen atoms in total. The maximum absolute atomic E-state index is 3.83. The van der Waals surface area contributed by atoms with Gasteiger partial charge in [0.05, 0.1) is 0 Å². The number of nitrogens with zero attached hydrogens (tertiary/aromatic N) is 1. The van der Waals surface area contributed by atoms with Crippen LogP contribution < -0.4 is 5.32 Å². The lowest BCUT2D eigenvalue weighted by Gasteiger charge is -2.40. The maximum Gasteiger partial charge on any atom is 0.0223 e. The highest BCUT2D eigenvalue weighted by atomic mass is 15.2. The summed E-state index contributed by atoms with van der Waals surface area (Å²) in [5.41, 5.74) is 0. The van der Waals surface area contributed by atoms with Crippen LogP contribution in [-0.2, 0) is 0 Å². The molecule has 0 saturated heterocycles. The summed E-state index contributed by atoms with van der Waals surface area (Å²) in [5.74, 6) is 0.938. The summed E-state index contributed by atoms with van der Waals surface area (Å²) in [6, 6.07) is 1.63. The molecule has 18 heavy (non-hydrogen) atoms. The maximum atomic E-state index is 3.83. The second-order valence-electron chi connectivity index (χ2n) is 6.48. The average molecular weight is 252 g/mol. The Balaban J connectivity index is 1.82. The van der Waals surface area contributed by atoms with E-state index in [4.69, 9.17) is 0 Å². The van der Waals surface area contributed by atoms with Gasteiger partial charge in [-0.1, -0.05) is 32.6 Å². The molecule has 0 radical (unpaired) electrons. The number of hydrogen-bond acceptors (Lipinski definition) is 2. The van der Waals surface area contributed by atoms with Gasteiger partial charge in [0, 0.05) is 18.6 Å². The van der Waals surface area contributed by atoms with Gasteiger partial charge in [-0.25, -0.2) is 0 Å². The highest BCUT2D eigenvalue weighted by Crippen LogP contribution is 2.29. The Kier molecular flexibility index (Phi) is 5.97. The third kappa shape index (κ3) is 3.96. The van der Waals surface area contributed by atoms with Gasteiger partial charge in [0.2, 0.25) is 0 Å². The van der Waals surface area contributed by atoms with Crippen LogP contribution in [0.25, 0.3) is 0 Å². The molecule has 0 bridgehead atoms. The van der Waals surface area contributed by atoms with Crippen molar-refractivity contribution in [1.29, 1.82) is 0 Å². The van der Waals surface area contributed by atoms with E-state index in [1.165, 1.54) is 70.9 Å². The standard InChI is InChI=1S/C16H32N2/c1-3-12-17-16(14-8-5-4-6-9-14)13-18(2)15-10-7-11-15/h14-17H,3-13H2,1-2H3. The summed E-state index contributed by atoms with van der Waals surface area (Å²) < 4.78 is 0. The van der Waals surface area contributed by atoms with Gasteiger partial charge in [0.1, 0.15) is 0 Å². The van der Waals surface area contributed by atoms with Gasteiger partial charge in [-0.15, -0.1) is 0 Å². The first-order valence-corrected chi connectivity index (χ1v) is 8.25. The number of likely N-dealkylation sites (N-methyl/N-ethyl adjacent to an activating group) is 1. The van der Waals surface area contributed by atoms with Gasteiger partial charge < -0.3 is 10.2 Å². The van der Waals surface area contributed by atoms with Crippen LogP contribution in [0.4, 0.5) is 0 Å². The molecule has 2 fully saturated rings. The number of hydrogen-bond donors (Lipinski definition) is 1. The van der Waals surface area contributed by atoms with E-state index in [2.05, 4.69) is 24.2 Å². The van der Waals surface area contributed by atoms with Crippen LogP contribution >= 0.6 is 0 Å². The van der Waals surface area contributed by atoms with E-state index < -0.39 is 0 Å². The van der Waals surface area contributed by atoms with Gasteiger partial charge in [-0.2, -0.15) is 0 Å². The van der Waals surface area contributed by atoms with Gasteiger partial charge in [-0.3, -0.25) is 0 Å².